The zero-order chi connectivity index (χ0) is 16.4. The molecule has 0 spiro atoms. The Balaban J connectivity index is 2.81. The average molecular weight is 300 g/mol. The molecule has 0 aliphatic carbocycles. The minimum atomic E-state index is -0.552. The number of unbranched alkanes of at least 4 members (excludes halogenated alkanes) is 1. The van der Waals surface area contributed by atoms with Gasteiger partial charge in [-0.05, 0) is 44.0 Å². The molecule has 0 unspecified atom stereocenters. The molecule has 0 atom stereocenters. The van der Waals surface area contributed by atoms with Gasteiger partial charge in [0.15, 0.2) is 0 Å². The van der Waals surface area contributed by atoms with Crippen molar-refractivity contribution in [3.05, 3.63) is 35.4 Å². The molecule has 0 bridgehead atoms. The molecule has 0 saturated carbocycles. The van der Waals surface area contributed by atoms with Crippen molar-refractivity contribution in [2.75, 3.05) is 24.6 Å². The number of carbonyl (C=O) groups excluding carboxylic acids is 1. The van der Waals surface area contributed by atoms with Gasteiger partial charge < -0.3 is 9.64 Å². The van der Waals surface area contributed by atoms with Crippen LogP contribution in [0.2, 0.25) is 0 Å². The standard InChI is InChI=1S/C18H24N2O2/c1-4-7-12-22-18(21)16(14-19)13-15-8-10-17(11-9-15)20(5-2)6-3/h8-11,13H,4-7,12H2,1-3H3. The maximum atomic E-state index is 11.8. The summed E-state index contributed by atoms with van der Waals surface area (Å²) in [5, 5.41) is 9.11. The highest BCUT2D eigenvalue weighted by Gasteiger charge is 2.10. The molecule has 0 heterocycles. The van der Waals surface area contributed by atoms with Crippen molar-refractivity contribution in [2.45, 2.75) is 33.6 Å². The minimum Gasteiger partial charge on any atom is -0.462 e. The lowest BCUT2D eigenvalue weighted by Gasteiger charge is -2.20. The van der Waals surface area contributed by atoms with Gasteiger partial charge in [-0.3, -0.25) is 0 Å². The monoisotopic (exact) mass is 300 g/mol. The predicted octanol–water partition coefficient (Wildman–Crippen LogP) is 3.78. The van der Waals surface area contributed by atoms with Gasteiger partial charge in [0, 0.05) is 18.8 Å². The number of hydrogen-bond acceptors (Lipinski definition) is 4. The molecule has 1 rings (SSSR count). The van der Waals surface area contributed by atoms with Crippen molar-refractivity contribution < 1.29 is 9.53 Å². The van der Waals surface area contributed by atoms with Gasteiger partial charge in [0.1, 0.15) is 11.6 Å². The van der Waals surface area contributed by atoms with E-state index in [1.54, 1.807) is 6.08 Å². The zero-order valence-electron chi connectivity index (χ0n) is 13.6. The summed E-state index contributed by atoms with van der Waals surface area (Å²) in [7, 11) is 0. The Hall–Kier alpha value is -2.28. The van der Waals surface area contributed by atoms with Gasteiger partial charge in [-0.2, -0.15) is 5.26 Å². The van der Waals surface area contributed by atoms with Gasteiger partial charge in [0.25, 0.3) is 0 Å². The number of esters is 1. The first-order chi connectivity index (χ1) is 10.7. The minimum absolute atomic E-state index is 0.0340. The maximum absolute atomic E-state index is 11.8. The fourth-order valence-corrected chi connectivity index (χ4v) is 2.06. The molecule has 0 aliphatic heterocycles. The molecule has 1 aromatic carbocycles. The topological polar surface area (TPSA) is 53.3 Å². The number of rotatable bonds is 8. The number of nitriles is 1. The van der Waals surface area contributed by atoms with Crippen molar-refractivity contribution in [2.24, 2.45) is 0 Å². The summed E-state index contributed by atoms with van der Waals surface area (Å²) in [6, 6.07) is 9.72. The predicted molar refractivity (Wildman–Crippen MR) is 89.5 cm³/mol. The summed E-state index contributed by atoms with van der Waals surface area (Å²) < 4.78 is 5.07. The van der Waals surface area contributed by atoms with Crippen LogP contribution in [0.5, 0.6) is 0 Å². The third-order valence-corrected chi connectivity index (χ3v) is 3.40. The number of anilines is 1. The quantitative estimate of drug-likeness (QED) is 0.317. The van der Waals surface area contributed by atoms with Crippen molar-refractivity contribution >= 4 is 17.7 Å². The Bertz CT molecular complexity index is 537. The summed E-state index contributed by atoms with van der Waals surface area (Å²) in [4.78, 5) is 14.0. The number of hydrogen-bond donors (Lipinski definition) is 0. The largest absolute Gasteiger partial charge is 0.462 e. The highest BCUT2D eigenvalue weighted by molar-refractivity contribution is 5.97. The van der Waals surface area contributed by atoms with E-state index in [2.05, 4.69) is 18.7 Å². The van der Waals surface area contributed by atoms with Crippen molar-refractivity contribution in [1.29, 1.82) is 5.26 Å². The van der Waals surface area contributed by atoms with Crippen LogP contribution in [0, 0.1) is 11.3 Å². The number of ether oxygens (including phenoxy) is 1. The van der Waals surface area contributed by atoms with E-state index in [0.29, 0.717) is 6.61 Å². The van der Waals surface area contributed by atoms with Gasteiger partial charge in [-0.25, -0.2) is 4.79 Å². The molecule has 0 fully saturated rings. The molecule has 0 saturated heterocycles. The molecular formula is C18H24N2O2. The molecule has 0 aromatic heterocycles. The molecule has 1 aromatic rings. The van der Waals surface area contributed by atoms with E-state index < -0.39 is 5.97 Å². The Kier molecular flexibility index (Phi) is 7.77. The van der Waals surface area contributed by atoms with Crippen LogP contribution in [-0.2, 0) is 9.53 Å². The van der Waals surface area contributed by atoms with E-state index in [1.807, 2.05) is 37.3 Å². The summed E-state index contributed by atoms with van der Waals surface area (Å²) in [5.74, 6) is -0.552. The van der Waals surface area contributed by atoms with Crippen LogP contribution in [0.1, 0.15) is 39.2 Å². The normalized spacial score (nSPS) is 10.9. The van der Waals surface area contributed by atoms with Crippen LogP contribution in [0.4, 0.5) is 5.69 Å². The maximum Gasteiger partial charge on any atom is 0.348 e. The van der Waals surface area contributed by atoms with E-state index in [9.17, 15) is 4.79 Å². The lowest BCUT2D eigenvalue weighted by atomic mass is 10.1. The van der Waals surface area contributed by atoms with Gasteiger partial charge in [0.2, 0.25) is 0 Å². The second-order valence-corrected chi connectivity index (χ2v) is 4.92. The summed E-state index contributed by atoms with van der Waals surface area (Å²) in [6.45, 7) is 8.48. The first-order valence-corrected chi connectivity index (χ1v) is 7.80. The highest BCUT2D eigenvalue weighted by Crippen LogP contribution is 2.17. The first kappa shape index (κ1) is 17.8. The van der Waals surface area contributed by atoms with E-state index >= 15 is 0 Å². The van der Waals surface area contributed by atoms with Crippen LogP contribution in [0.25, 0.3) is 6.08 Å². The highest BCUT2D eigenvalue weighted by atomic mass is 16.5. The van der Waals surface area contributed by atoms with Gasteiger partial charge in [-0.15, -0.1) is 0 Å². The van der Waals surface area contributed by atoms with Crippen molar-refractivity contribution in [1.82, 2.24) is 0 Å². The van der Waals surface area contributed by atoms with Crippen molar-refractivity contribution in [3.63, 3.8) is 0 Å². The van der Waals surface area contributed by atoms with Gasteiger partial charge in [0.05, 0.1) is 6.61 Å². The second kappa shape index (κ2) is 9.62. The molecule has 0 aliphatic rings. The Labute approximate surface area is 133 Å². The first-order valence-electron chi connectivity index (χ1n) is 7.80. The molecule has 0 radical (unpaired) electrons. The van der Waals surface area contributed by atoms with E-state index in [4.69, 9.17) is 10.00 Å². The Morgan fingerprint density at radius 2 is 1.86 bits per heavy atom. The number of benzene rings is 1. The average Bonchev–Trinajstić information content (AvgIpc) is 2.55. The van der Waals surface area contributed by atoms with E-state index in [0.717, 1.165) is 37.2 Å². The zero-order valence-corrected chi connectivity index (χ0v) is 13.6. The smallest absolute Gasteiger partial charge is 0.348 e. The number of carbonyl (C=O) groups is 1. The van der Waals surface area contributed by atoms with E-state index in [-0.39, 0.29) is 5.57 Å². The third kappa shape index (κ3) is 5.25. The SMILES string of the molecule is CCCCOC(=O)C(C#N)=Cc1ccc(N(CC)CC)cc1. The molecule has 4 heteroatoms. The molecule has 0 N–H and O–H groups in total. The fourth-order valence-electron chi connectivity index (χ4n) is 2.06. The van der Waals surface area contributed by atoms with Gasteiger partial charge >= 0.3 is 5.97 Å². The summed E-state index contributed by atoms with van der Waals surface area (Å²) in [5.41, 5.74) is 1.98. The van der Waals surface area contributed by atoms with Crippen molar-refractivity contribution in [3.8, 4) is 6.07 Å². The van der Waals surface area contributed by atoms with Crippen LogP contribution in [0.15, 0.2) is 29.8 Å². The van der Waals surface area contributed by atoms with Crippen LogP contribution < -0.4 is 4.90 Å². The molecule has 0 amide bonds. The van der Waals surface area contributed by atoms with Gasteiger partial charge in [-0.1, -0.05) is 25.5 Å². The van der Waals surface area contributed by atoms with E-state index in [1.165, 1.54) is 0 Å². The lowest BCUT2D eigenvalue weighted by molar-refractivity contribution is -0.138. The van der Waals surface area contributed by atoms with Crippen LogP contribution in [-0.4, -0.2) is 25.7 Å². The molecular weight excluding hydrogens is 276 g/mol. The molecule has 22 heavy (non-hydrogen) atoms. The second-order valence-electron chi connectivity index (χ2n) is 4.92. The lowest BCUT2D eigenvalue weighted by Crippen LogP contribution is -2.21. The fraction of sp³-hybridized carbons (Fsp3) is 0.444. The van der Waals surface area contributed by atoms with Crippen LogP contribution in [0.3, 0.4) is 0 Å². The molecule has 118 valence electrons. The third-order valence-electron chi connectivity index (χ3n) is 3.40. The molecule has 4 nitrogen and oxygen atoms in total. The summed E-state index contributed by atoms with van der Waals surface area (Å²) >= 11 is 0. The Morgan fingerprint density at radius 3 is 2.36 bits per heavy atom. The number of nitrogens with zero attached hydrogens (tertiary/aromatic N) is 2. The summed E-state index contributed by atoms with van der Waals surface area (Å²) in [6.07, 6.45) is 3.33. The Morgan fingerprint density at radius 1 is 1.23 bits per heavy atom. The van der Waals surface area contributed by atoms with Crippen LogP contribution >= 0.6 is 0 Å².